The number of hydrogen-bond donors (Lipinski definition) is 2. The quantitative estimate of drug-likeness (QED) is 0.721. The van der Waals surface area contributed by atoms with Gasteiger partial charge in [0.15, 0.2) is 0 Å². The molecule has 1 atom stereocenters. The average Bonchev–Trinajstić information content (AvgIpc) is 2.55. The molecule has 1 saturated carbocycles. The molecule has 0 bridgehead atoms. The standard InChI is InChI=1S/C18H29NO2/c1-15(19-11-13-21-14-12-20)16-7-9-18(10-8-16)17-5-3-2-4-6-17/h7-10,15,17,19-20H,2-6,11-14H2,1H3. The van der Waals surface area contributed by atoms with Crippen LogP contribution in [-0.2, 0) is 4.74 Å². The summed E-state index contributed by atoms with van der Waals surface area (Å²) in [4.78, 5) is 0. The molecule has 0 aliphatic heterocycles. The fourth-order valence-electron chi connectivity index (χ4n) is 3.12. The molecule has 1 aliphatic rings. The molecular weight excluding hydrogens is 262 g/mol. The van der Waals surface area contributed by atoms with Gasteiger partial charge in [0.25, 0.3) is 0 Å². The topological polar surface area (TPSA) is 41.5 Å². The van der Waals surface area contributed by atoms with Crippen LogP contribution in [0.5, 0.6) is 0 Å². The molecule has 1 fully saturated rings. The summed E-state index contributed by atoms with van der Waals surface area (Å²) in [5.74, 6) is 0.781. The highest BCUT2D eigenvalue weighted by Crippen LogP contribution is 2.32. The van der Waals surface area contributed by atoms with Crippen LogP contribution in [0.4, 0.5) is 0 Å². The molecule has 0 aromatic heterocycles. The first-order chi connectivity index (χ1) is 10.3. The van der Waals surface area contributed by atoms with Crippen molar-refractivity contribution in [3.63, 3.8) is 0 Å². The molecule has 0 heterocycles. The van der Waals surface area contributed by atoms with Crippen molar-refractivity contribution in [2.24, 2.45) is 0 Å². The molecule has 21 heavy (non-hydrogen) atoms. The van der Waals surface area contributed by atoms with Crippen LogP contribution in [0.25, 0.3) is 0 Å². The highest BCUT2D eigenvalue weighted by Gasteiger charge is 2.15. The van der Waals surface area contributed by atoms with Gasteiger partial charge < -0.3 is 15.2 Å². The lowest BCUT2D eigenvalue weighted by Gasteiger charge is -2.22. The van der Waals surface area contributed by atoms with E-state index < -0.39 is 0 Å². The number of aliphatic hydroxyl groups excluding tert-OH is 1. The maximum absolute atomic E-state index is 8.64. The number of ether oxygens (including phenoxy) is 1. The second-order valence-electron chi connectivity index (χ2n) is 6.01. The van der Waals surface area contributed by atoms with Gasteiger partial charge in [0.1, 0.15) is 0 Å². The lowest BCUT2D eigenvalue weighted by atomic mass is 9.84. The van der Waals surface area contributed by atoms with Gasteiger partial charge in [-0.25, -0.2) is 0 Å². The second kappa shape index (κ2) is 9.19. The lowest BCUT2D eigenvalue weighted by Crippen LogP contribution is -2.23. The summed E-state index contributed by atoms with van der Waals surface area (Å²) < 4.78 is 5.26. The zero-order valence-corrected chi connectivity index (χ0v) is 13.2. The molecule has 1 aromatic rings. The molecule has 2 rings (SSSR count). The van der Waals surface area contributed by atoms with Crippen molar-refractivity contribution in [3.8, 4) is 0 Å². The summed E-state index contributed by atoms with van der Waals surface area (Å²) in [6.07, 6.45) is 6.90. The summed E-state index contributed by atoms with van der Waals surface area (Å²) in [6.45, 7) is 4.16. The van der Waals surface area contributed by atoms with E-state index in [0.29, 0.717) is 19.3 Å². The number of benzene rings is 1. The SMILES string of the molecule is CC(NCCOCCO)c1ccc(C2CCCCC2)cc1. The molecule has 1 unspecified atom stereocenters. The van der Waals surface area contributed by atoms with Crippen molar-refractivity contribution in [2.45, 2.75) is 51.0 Å². The van der Waals surface area contributed by atoms with Crippen LogP contribution in [0.15, 0.2) is 24.3 Å². The summed E-state index contributed by atoms with van der Waals surface area (Å²) >= 11 is 0. The van der Waals surface area contributed by atoms with E-state index in [4.69, 9.17) is 9.84 Å². The van der Waals surface area contributed by atoms with Gasteiger partial charge in [0.2, 0.25) is 0 Å². The van der Waals surface area contributed by atoms with Crippen LogP contribution >= 0.6 is 0 Å². The van der Waals surface area contributed by atoms with Crippen LogP contribution < -0.4 is 5.32 Å². The van der Waals surface area contributed by atoms with Gasteiger partial charge in [-0.05, 0) is 36.8 Å². The number of rotatable bonds is 8. The Morgan fingerprint density at radius 1 is 1.14 bits per heavy atom. The molecule has 3 nitrogen and oxygen atoms in total. The molecule has 1 aliphatic carbocycles. The van der Waals surface area contributed by atoms with Crippen LogP contribution in [0.3, 0.4) is 0 Å². The Bertz CT molecular complexity index is 385. The van der Waals surface area contributed by atoms with Crippen molar-refractivity contribution in [1.29, 1.82) is 0 Å². The molecule has 0 amide bonds. The van der Waals surface area contributed by atoms with Crippen molar-refractivity contribution in [2.75, 3.05) is 26.4 Å². The molecule has 1 aromatic carbocycles. The van der Waals surface area contributed by atoms with E-state index in [1.807, 2.05) is 0 Å². The highest BCUT2D eigenvalue weighted by atomic mass is 16.5. The third-order valence-electron chi connectivity index (χ3n) is 4.45. The Balaban J connectivity index is 1.77. The van der Waals surface area contributed by atoms with Crippen molar-refractivity contribution < 1.29 is 9.84 Å². The van der Waals surface area contributed by atoms with Crippen LogP contribution in [0.2, 0.25) is 0 Å². The predicted molar refractivity (Wildman–Crippen MR) is 86.6 cm³/mol. The zero-order chi connectivity index (χ0) is 14.9. The second-order valence-corrected chi connectivity index (χ2v) is 6.01. The first kappa shape index (κ1) is 16.5. The average molecular weight is 291 g/mol. The Morgan fingerprint density at radius 3 is 2.52 bits per heavy atom. The first-order valence-electron chi connectivity index (χ1n) is 8.33. The van der Waals surface area contributed by atoms with Crippen LogP contribution in [0.1, 0.15) is 62.1 Å². The van der Waals surface area contributed by atoms with E-state index in [1.54, 1.807) is 0 Å². The van der Waals surface area contributed by atoms with Gasteiger partial charge in [-0.2, -0.15) is 0 Å². The van der Waals surface area contributed by atoms with E-state index in [0.717, 1.165) is 12.5 Å². The number of hydrogen-bond acceptors (Lipinski definition) is 3. The Kier molecular flexibility index (Phi) is 7.20. The number of nitrogens with one attached hydrogen (secondary N) is 1. The maximum atomic E-state index is 8.64. The van der Waals surface area contributed by atoms with E-state index in [9.17, 15) is 0 Å². The van der Waals surface area contributed by atoms with Crippen molar-refractivity contribution in [1.82, 2.24) is 5.32 Å². The first-order valence-corrected chi connectivity index (χ1v) is 8.33. The maximum Gasteiger partial charge on any atom is 0.0698 e. The van der Waals surface area contributed by atoms with Gasteiger partial charge in [-0.15, -0.1) is 0 Å². The predicted octanol–water partition coefficient (Wildman–Crippen LogP) is 3.39. The largest absolute Gasteiger partial charge is 0.394 e. The Morgan fingerprint density at radius 2 is 1.86 bits per heavy atom. The minimum absolute atomic E-state index is 0.0954. The lowest BCUT2D eigenvalue weighted by molar-refractivity contribution is 0.0928. The van der Waals surface area contributed by atoms with Gasteiger partial charge in [0.05, 0.1) is 19.8 Å². The molecular formula is C18H29NO2. The van der Waals surface area contributed by atoms with Gasteiger partial charge >= 0.3 is 0 Å². The normalized spacial score (nSPS) is 17.8. The third kappa shape index (κ3) is 5.42. The Labute approximate surface area is 128 Å². The molecule has 0 saturated heterocycles. The van der Waals surface area contributed by atoms with E-state index in [-0.39, 0.29) is 6.61 Å². The molecule has 118 valence electrons. The van der Waals surface area contributed by atoms with Gasteiger partial charge in [0, 0.05) is 12.6 Å². The van der Waals surface area contributed by atoms with E-state index >= 15 is 0 Å². The molecule has 2 N–H and O–H groups in total. The number of aliphatic hydroxyl groups is 1. The molecule has 0 radical (unpaired) electrons. The minimum atomic E-state index is 0.0954. The third-order valence-corrected chi connectivity index (χ3v) is 4.45. The summed E-state index contributed by atoms with van der Waals surface area (Å²) in [7, 11) is 0. The Hall–Kier alpha value is -0.900. The van der Waals surface area contributed by atoms with Crippen molar-refractivity contribution in [3.05, 3.63) is 35.4 Å². The fraction of sp³-hybridized carbons (Fsp3) is 0.667. The van der Waals surface area contributed by atoms with Crippen LogP contribution in [-0.4, -0.2) is 31.5 Å². The highest BCUT2D eigenvalue weighted by molar-refractivity contribution is 5.27. The van der Waals surface area contributed by atoms with E-state index in [1.165, 1.54) is 43.2 Å². The van der Waals surface area contributed by atoms with Crippen molar-refractivity contribution >= 4 is 0 Å². The summed E-state index contributed by atoms with van der Waals surface area (Å²) in [5, 5.41) is 12.1. The molecule has 3 heteroatoms. The summed E-state index contributed by atoms with van der Waals surface area (Å²) in [6, 6.07) is 9.48. The van der Waals surface area contributed by atoms with Gasteiger partial charge in [-0.1, -0.05) is 43.5 Å². The van der Waals surface area contributed by atoms with Gasteiger partial charge in [-0.3, -0.25) is 0 Å². The summed E-state index contributed by atoms with van der Waals surface area (Å²) in [5.41, 5.74) is 2.84. The zero-order valence-electron chi connectivity index (χ0n) is 13.2. The monoisotopic (exact) mass is 291 g/mol. The van der Waals surface area contributed by atoms with Crippen LogP contribution in [0, 0.1) is 0 Å². The fourth-order valence-corrected chi connectivity index (χ4v) is 3.12. The minimum Gasteiger partial charge on any atom is -0.394 e. The smallest absolute Gasteiger partial charge is 0.0698 e. The van der Waals surface area contributed by atoms with E-state index in [2.05, 4.69) is 36.5 Å². The molecule has 0 spiro atoms.